The Bertz CT molecular complexity index is 564. The van der Waals surface area contributed by atoms with Gasteiger partial charge in [-0.1, -0.05) is 11.6 Å². The van der Waals surface area contributed by atoms with E-state index in [0.717, 1.165) is 0 Å². The van der Waals surface area contributed by atoms with Crippen molar-refractivity contribution in [3.8, 4) is 0 Å². The van der Waals surface area contributed by atoms with Crippen LogP contribution in [0.5, 0.6) is 0 Å². The van der Waals surface area contributed by atoms with E-state index < -0.39 is 0 Å². The predicted octanol–water partition coefficient (Wildman–Crippen LogP) is 2.35. The van der Waals surface area contributed by atoms with E-state index >= 15 is 0 Å². The molecule has 2 aromatic rings. The Kier molecular flexibility index (Phi) is 2.33. The summed E-state index contributed by atoms with van der Waals surface area (Å²) in [6.07, 6.45) is 0. The topological polar surface area (TPSA) is 34.9 Å². The number of halogens is 2. The van der Waals surface area contributed by atoms with Crippen LogP contribution >= 0.6 is 27.5 Å². The van der Waals surface area contributed by atoms with Crippen LogP contribution in [0, 0.1) is 0 Å². The van der Waals surface area contributed by atoms with Gasteiger partial charge in [-0.25, -0.2) is 4.98 Å². The van der Waals surface area contributed by atoms with Gasteiger partial charge >= 0.3 is 0 Å². The van der Waals surface area contributed by atoms with Crippen LogP contribution in [-0.4, -0.2) is 9.55 Å². The van der Waals surface area contributed by atoms with E-state index in [1.54, 1.807) is 25.2 Å². The summed E-state index contributed by atoms with van der Waals surface area (Å²) in [5, 5.41) is 1.14. The molecule has 0 aliphatic heterocycles. The summed E-state index contributed by atoms with van der Waals surface area (Å²) in [7, 11) is 1.66. The highest BCUT2D eigenvalue weighted by molar-refractivity contribution is 9.10. The maximum Gasteiger partial charge on any atom is 0.261 e. The average Bonchev–Trinajstić information content (AvgIpc) is 2.14. The molecule has 72 valence electrons. The van der Waals surface area contributed by atoms with Crippen LogP contribution in [-0.2, 0) is 7.05 Å². The van der Waals surface area contributed by atoms with Crippen LogP contribution < -0.4 is 5.56 Å². The van der Waals surface area contributed by atoms with Crippen molar-refractivity contribution in [3.63, 3.8) is 0 Å². The second kappa shape index (κ2) is 3.37. The van der Waals surface area contributed by atoms with E-state index in [9.17, 15) is 4.79 Å². The summed E-state index contributed by atoms with van der Waals surface area (Å²) in [5.74, 6) is 0. The van der Waals surface area contributed by atoms with E-state index in [1.165, 1.54) is 4.57 Å². The smallest absolute Gasteiger partial charge is 0.261 e. The molecule has 0 aliphatic rings. The minimum Gasteiger partial charge on any atom is -0.290 e. The standard InChI is InChI=1S/C9H6BrClN2O/c1-13-8(14)6-3-2-5(11)4-7(6)12-9(13)10/h2-4H,1H3. The molecular weight excluding hydrogens is 267 g/mol. The van der Waals surface area contributed by atoms with Crippen molar-refractivity contribution in [2.45, 2.75) is 0 Å². The minimum absolute atomic E-state index is 0.0847. The molecule has 0 fully saturated rings. The first-order valence-electron chi connectivity index (χ1n) is 3.91. The summed E-state index contributed by atoms with van der Waals surface area (Å²) in [6, 6.07) is 5.03. The van der Waals surface area contributed by atoms with Crippen LogP contribution in [0.3, 0.4) is 0 Å². The number of rotatable bonds is 0. The third-order valence-corrected chi connectivity index (χ3v) is 2.93. The summed E-state index contributed by atoms with van der Waals surface area (Å²) >= 11 is 9.00. The van der Waals surface area contributed by atoms with Crippen LogP contribution in [0.15, 0.2) is 27.7 Å². The van der Waals surface area contributed by atoms with Gasteiger partial charge in [0.2, 0.25) is 0 Å². The van der Waals surface area contributed by atoms with Gasteiger partial charge in [0.15, 0.2) is 4.73 Å². The second-order valence-electron chi connectivity index (χ2n) is 2.91. The van der Waals surface area contributed by atoms with E-state index in [-0.39, 0.29) is 5.56 Å². The van der Waals surface area contributed by atoms with Crippen LogP contribution in [0.4, 0.5) is 0 Å². The number of hydrogen-bond donors (Lipinski definition) is 0. The molecule has 1 aromatic carbocycles. The van der Waals surface area contributed by atoms with Crippen molar-refractivity contribution in [1.29, 1.82) is 0 Å². The Morgan fingerprint density at radius 2 is 2.21 bits per heavy atom. The Balaban J connectivity index is 2.98. The Labute approximate surface area is 93.5 Å². The molecule has 2 rings (SSSR count). The van der Waals surface area contributed by atoms with Crippen LogP contribution in [0.25, 0.3) is 10.9 Å². The zero-order chi connectivity index (χ0) is 10.3. The van der Waals surface area contributed by atoms with Gasteiger partial charge < -0.3 is 0 Å². The molecule has 0 spiro atoms. The molecule has 0 saturated heterocycles. The Morgan fingerprint density at radius 3 is 2.93 bits per heavy atom. The first-order chi connectivity index (χ1) is 6.59. The van der Waals surface area contributed by atoms with Crippen molar-refractivity contribution >= 4 is 38.4 Å². The maximum atomic E-state index is 11.7. The quantitative estimate of drug-likeness (QED) is 0.691. The molecule has 0 radical (unpaired) electrons. The largest absolute Gasteiger partial charge is 0.290 e. The molecule has 14 heavy (non-hydrogen) atoms. The lowest BCUT2D eigenvalue weighted by Gasteiger charge is -2.03. The summed E-state index contributed by atoms with van der Waals surface area (Å²) in [6.45, 7) is 0. The van der Waals surface area contributed by atoms with Crippen LogP contribution in [0.1, 0.15) is 0 Å². The van der Waals surface area contributed by atoms with E-state index in [1.807, 2.05) is 0 Å². The maximum absolute atomic E-state index is 11.7. The highest BCUT2D eigenvalue weighted by Gasteiger charge is 2.05. The lowest BCUT2D eigenvalue weighted by atomic mass is 10.2. The molecule has 5 heteroatoms. The van der Waals surface area contributed by atoms with Gasteiger partial charge in [0.25, 0.3) is 5.56 Å². The fourth-order valence-electron chi connectivity index (χ4n) is 1.22. The third kappa shape index (κ3) is 1.44. The summed E-state index contributed by atoms with van der Waals surface area (Å²) in [5.41, 5.74) is 0.519. The Hall–Kier alpha value is -0.870. The molecule has 0 amide bonds. The van der Waals surface area contributed by atoms with Crippen molar-refractivity contribution in [2.75, 3.05) is 0 Å². The molecular formula is C9H6BrClN2O. The van der Waals surface area contributed by atoms with Gasteiger partial charge in [0.1, 0.15) is 0 Å². The molecule has 1 aromatic heterocycles. The number of hydrogen-bond acceptors (Lipinski definition) is 2. The molecule has 0 bridgehead atoms. The third-order valence-electron chi connectivity index (χ3n) is 1.98. The molecule has 0 aliphatic carbocycles. The normalized spacial score (nSPS) is 10.8. The highest BCUT2D eigenvalue weighted by Crippen LogP contribution is 2.16. The summed E-state index contributed by atoms with van der Waals surface area (Å²) < 4.78 is 1.94. The first kappa shape index (κ1) is 9.68. The van der Waals surface area contributed by atoms with Crippen LogP contribution in [0.2, 0.25) is 5.02 Å². The van der Waals surface area contributed by atoms with Crippen molar-refractivity contribution < 1.29 is 0 Å². The molecule has 0 unspecified atom stereocenters. The molecule has 0 N–H and O–H groups in total. The predicted molar refractivity (Wildman–Crippen MR) is 59.7 cm³/mol. The summed E-state index contributed by atoms with van der Waals surface area (Å²) in [4.78, 5) is 15.9. The number of nitrogens with zero attached hydrogens (tertiary/aromatic N) is 2. The number of benzene rings is 1. The van der Waals surface area contributed by atoms with Crippen molar-refractivity contribution in [2.24, 2.45) is 7.05 Å². The average molecular weight is 274 g/mol. The van der Waals surface area contributed by atoms with Gasteiger partial charge in [-0.15, -0.1) is 0 Å². The molecule has 0 saturated carbocycles. The lowest BCUT2D eigenvalue weighted by molar-refractivity contribution is 0.811. The Morgan fingerprint density at radius 1 is 1.50 bits per heavy atom. The van der Waals surface area contributed by atoms with Gasteiger partial charge in [-0.2, -0.15) is 0 Å². The van der Waals surface area contributed by atoms with Gasteiger partial charge in [-0.05, 0) is 34.1 Å². The zero-order valence-corrected chi connectivity index (χ0v) is 9.63. The van der Waals surface area contributed by atoms with Gasteiger partial charge in [0.05, 0.1) is 10.9 Å². The monoisotopic (exact) mass is 272 g/mol. The number of fused-ring (bicyclic) bond motifs is 1. The number of aromatic nitrogens is 2. The van der Waals surface area contributed by atoms with E-state index in [2.05, 4.69) is 20.9 Å². The van der Waals surface area contributed by atoms with Crippen molar-refractivity contribution in [3.05, 3.63) is 38.3 Å². The minimum atomic E-state index is -0.0847. The van der Waals surface area contributed by atoms with Gasteiger partial charge in [-0.3, -0.25) is 9.36 Å². The van der Waals surface area contributed by atoms with E-state index in [0.29, 0.717) is 20.7 Å². The van der Waals surface area contributed by atoms with Gasteiger partial charge in [0, 0.05) is 12.1 Å². The first-order valence-corrected chi connectivity index (χ1v) is 5.08. The fraction of sp³-hybridized carbons (Fsp3) is 0.111. The lowest BCUT2D eigenvalue weighted by Crippen LogP contribution is -2.18. The molecule has 0 atom stereocenters. The SMILES string of the molecule is Cn1c(Br)nc2cc(Cl)ccc2c1=O. The molecule has 3 nitrogen and oxygen atoms in total. The van der Waals surface area contributed by atoms with Crippen molar-refractivity contribution in [1.82, 2.24) is 9.55 Å². The second-order valence-corrected chi connectivity index (χ2v) is 4.05. The highest BCUT2D eigenvalue weighted by atomic mass is 79.9. The zero-order valence-electron chi connectivity index (χ0n) is 7.29. The van der Waals surface area contributed by atoms with E-state index in [4.69, 9.17) is 11.6 Å². The fourth-order valence-corrected chi connectivity index (χ4v) is 1.74. The molecule has 1 heterocycles.